The Kier molecular flexibility index (Phi) is 4.15. The van der Waals surface area contributed by atoms with Gasteiger partial charge >= 0.3 is 0 Å². The minimum atomic E-state index is 0.0896. The van der Waals surface area contributed by atoms with Crippen molar-refractivity contribution in [3.63, 3.8) is 0 Å². The fraction of sp³-hybridized carbons (Fsp3) is 0.235. The summed E-state index contributed by atoms with van der Waals surface area (Å²) in [6.07, 6.45) is 0. The molecule has 2 N–H and O–H groups in total. The van der Waals surface area contributed by atoms with Crippen molar-refractivity contribution in [2.75, 3.05) is 14.2 Å². The summed E-state index contributed by atoms with van der Waals surface area (Å²) in [4.78, 5) is 0. The predicted octanol–water partition coefficient (Wildman–Crippen LogP) is 2.96. The van der Waals surface area contributed by atoms with Crippen LogP contribution in [-0.2, 0) is 0 Å². The third-order valence-electron chi connectivity index (χ3n) is 3.86. The molecule has 1 saturated heterocycles. The first-order valence-electron chi connectivity index (χ1n) is 7.06. The Morgan fingerprint density at radius 2 is 1.09 bits per heavy atom. The standard InChI is InChI=1S/C17H18N2O2S/c1-20-13-7-3-11(4-8-13)15-16(19-17(22)18-15)12-5-9-14(21-2)10-6-12/h3-10,15-16H,1-2H3,(H2,18,19,22). The summed E-state index contributed by atoms with van der Waals surface area (Å²) in [5.41, 5.74) is 2.32. The van der Waals surface area contributed by atoms with Crippen LogP contribution in [0.3, 0.4) is 0 Å². The van der Waals surface area contributed by atoms with Gasteiger partial charge < -0.3 is 20.1 Å². The number of ether oxygens (including phenoxy) is 2. The van der Waals surface area contributed by atoms with Gasteiger partial charge in [-0.2, -0.15) is 0 Å². The maximum absolute atomic E-state index is 5.30. The van der Waals surface area contributed by atoms with Gasteiger partial charge in [0.05, 0.1) is 26.3 Å². The quantitative estimate of drug-likeness (QED) is 0.849. The van der Waals surface area contributed by atoms with Gasteiger partial charge in [0.1, 0.15) is 11.5 Å². The number of rotatable bonds is 4. The summed E-state index contributed by atoms with van der Waals surface area (Å²) in [6, 6.07) is 16.3. The molecule has 1 fully saturated rings. The zero-order chi connectivity index (χ0) is 15.5. The first-order chi connectivity index (χ1) is 10.7. The number of benzene rings is 2. The van der Waals surface area contributed by atoms with E-state index in [2.05, 4.69) is 34.9 Å². The molecule has 22 heavy (non-hydrogen) atoms. The Morgan fingerprint density at radius 3 is 1.41 bits per heavy atom. The molecule has 4 nitrogen and oxygen atoms in total. The van der Waals surface area contributed by atoms with Crippen LogP contribution in [-0.4, -0.2) is 19.3 Å². The van der Waals surface area contributed by atoms with E-state index in [9.17, 15) is 0 Å². The average Bonchev–Trinajstić information content (AvgIpc) is 2.97. The van der Waals surface area contributed by atoms with Crippen LogP contribution in [0.15, 0.2) is 48.5 Å². The van der Waals surface area contributed by atoms with Gasteiger partial charge in [-0.05, 0) is 47.6 Å². The van der Waals surface area contributed by atoms with Crippen LogP contribution < -0.4 is 20.1 Å². The normalized spacial score (nSPS) is 20.2. The Hall–Kier alpha value is -2.27. The lowest BCUT2D eigenvalue weighted by atomic mass is 9.95. The summed E-state index contributed by atoms with van der Waals surface area (Å²) in [6.45, 7) is 0. The summed E-state index contributed by atoms with van der Waals surface area (Å²) in [5.74, 6) is 1.69. The smallest absolute Gasteiger partial charge is 0.167 e. The molecule has 1 heterocycles. The van der Waals surface area contributed by atoms with Crippen LogP contribution in [0.2, 0.25) is 0 Å². The molecule has 1 aliphatic rings. The summed E-state index contributed by atoms with van der Waals surface area (Å²) >= 11 is 5.30. The van der Waals surface area contributed by atoms with Gasteiger partial charge in [0.25, 0.3) is 0 Å². The third kappa shape index (κ3) is 2.85. The molecule has 5 heteroatoms. The number of nitrogens with one attached hydrogen (secondary N) is 2. The van der Waals surface area contributed by atoms with Crippen molar-refractivity contribution in [1.82, 2.24) is 10.6 Å². The molecule has 2 aromatic rings. The molecule has 0 bridgehead atoms. The summed E-state index contributed by atoms with van der Waals surface area (Å²) < 4.78 is 10.4. The van der Waals surface area contributed by atoms with Crippen LogP contribution in [0, 0.1) is 0 Å². The SMILES string of the molecule is COc1ccc(C2NC(=S)NC2c2ccc(OC)cc2)cc1. The molecule has 114 valence electrons. The molecule has 1 aliphatic heterocycles. The second kappa shape index (κ2) is 6.23. The maximum Gasteiger partial charge on any atom is 0.167 e. The molecule has 0 saturated carbocycles. The fourth-order valence-corrected chi connectivity index (χ4v) is 2.92. The lowest BCUT2D eigenvalue weighted by molar-refractivity contribution is 0.413. The molecule has 2 atom stereocenters. The van der Waals surface area contributed by atoms with E-state index < -0.39 is 0 Å². The molecule has 0 spiro atoms. The topological polar surface area (TPSA) is 42.5 Å². The molecule has 0 amide bonds. The molecule has 0 aliphatic carbocycles. The van der Waals surface area contributed by atoms with E-state index >= 15 is 0 Å². The maximum atomic E-state index is 5.30. The van der Waals surface area contributed by atoms with Crippen molar-refractivity contribution in [2.45, 2.75) is 12.1 Å². The predicted molar refractivity (Wildman–Crippen MR) is 90.3 cm³/mol. The Morgan fingerprint density at radius 1 is 0.727 bits per heavy atom. The highest BCUT2D eigenvalue weighted by Gasteiger charge is 2.31. The summed E-state index contributed by atoms with van der Waals surface area (Å²) in [7, 11) is 3.33. The molecule has 2 aromatic carbocycles. The van der Waals surface area contributed by atoms with E-state index in [4.69, 9.17) is 21.7 Å². The van der Waals surface area contributed by atoms with Crippen LogP contribution in [0.25, 0.3) is 0 Å². The van der Waals surface area contributed by atoms with E-state index in [1.54, 1.807) is 14.2 Å². The van der Waals surface area contributed by atoms with Gasteiger partial charge in [0, 0.05) is 0 Å². The van der Waals surface area contributed by atoms with Crippen LogP contribution >= 0.6 is 12.2 Å². The third-order valence-corrected chi connectivity index (χ3v) is 4.09. The van der Waals surface area contributed by atoms with Crippen molar-refractivity contribution in [3.05, 3.63) is 59.7 Å². The molecular formula is C17H18N2O2S. The van der Waals surface area contributed by atoms with E-state index in [0.717, 1.165) is 22.6 Å². The zero-order valence-electron chi connectivity index (χ0n) is 12.5. The van der Waals surface area contributed by atoms with Crippen molar-refractivity contribution in [3.8, 4) is 11.5 Å². The number of methoxy groups -OCH3 is 2. The zero-order valence-corrected chi connectivity index (χ0v) is 13.3. The van der Waals surface area contributed by atoms with Crippen molar-refractivity contribution in [1.29, 1.82) is 0 Å². The first-order valence-corrected chi connectivity index (χ1v) is 7.47. The molecular weight excluding hydrogens is 296 g/mol. The van der Waals surface area contributed by atoms with Crippen molar-refractivity contribution >= 4 is 17.3 Å². The highest BCUT2D eigenvalue weighted by Crippen LogP contribution is 2.33. The van der Waals surface area contributed by atoms with Gasteiger partial charge in [0.2, 0.25) is 0 Å². The number of hydrogen-bond donors (Lipinski definition) is 2. The lowest BCUT2D eigenvalue weighted by Crippen LogP contribution is -2.21. The van der Waals surface area contributed by atoms with Crippen molar-refractivity contribution < 1.29 is 9.47 Å². The molecule has 3 rings (SSSR count). The van der Waals surface area contributed by atoms with Crippen LogP contribution in [0.4, 0.5) is 0 Å². The highest BCUT2D eigenvalue weighted by atomic mass is 32.1. The second-order valence-corrected chi connectivity index (χ2v) is 5.53. The number of thiocarbonyl (C=S) groups is 1. The Labute approximate surface area is 135 Å². The monoisotopic (exact) mass is 314 g/mol. The van der Waals surface area contributed by atoms with Crippen LogP contribution in [0.5, 0.6) is 11.5 Å². The molecule has 2 unspecified atom stereocenters. The average molecular weight is 314 g/mol. The lowest BCUT2D eigenvalue weighted by Gasteiger charge is -2.20. The summed E-state index contributed by atoms with van der Waals surface area (Å²) in [5, 5.41) is 7.33. The van der Waals surface area contributed by atoms with Gasteiger partial charge in [-0.25, -0.2) is 0 Å². The van der Waals surface area contributed by atoms with E-state index in [1.165, 1.54) is 0 Å². The molecule has 0 aromatic heterocycles. The Balaban J connectivity index is 1.88. The minimum Gasteiger partial charge on any atom is -0.497 e. The highest BCUT2D eigenvalue weighted by molar-refractivity contribution is 7.80. The number of hydrogen-bond acceptors (Lipinski definition) is 3. The molecule has 0 radical (unpaired) electrons. The fourth-order valence-electron chi connectivity index (χ4n) is 2.66. The van der Waals surface area contributed by atoms with Gasteiger partial charge in [-0.1, -0.05) is 24.3 Å². The van der Waals surface area contributed by atoms with Gasteiger partial charge in [0.15, 0.2) is 5.11 Å². The van der Waals surface area contributed by atoms with Gasteiger partial charge in [-0.15, -0.1) is 0 Å². The second-order valence-electron chi connectivity index (χ2n) is 5.12. The van der Waals surface area contributed by atoms with E-state index in [1.807, 2.05) is 24.3 Å². The van der Waals surface area contributed by atoms with Crippen molar-refractivity contribution in [2.24, 2.45) is 0 Å². The largest absolute Gasteiger partial charge is 0.497 e. The van der Waals surface area contributed by atoms with Gasteiger partial charge in [-0.3, -0.25) is 0 Å². The first kappa shape index (κ1) is 14.7. The van der Waals surface area contributed by atoms with E-state index in [0.29, 0.717) is 5.11 Å². The minimum absolute atomic E-state index is 0.0896. The Bertz CT molecular complexity index is 598. The van der Waals surface area contributed by atoms with Crippen LogP contribution in [0.1, 0.15) is 23.2 Å². The van der Waals surface area contributed by atoms with E-state index in [-0.39, 0.29) is 12.1 Å².